The Morgan fingerprint density at radius 3 is 2.62 bits per heavy atom. The van der Waals surface area contributed by atoms with Crippen LogP contribution in [0.1, 0.15) is 31.7 Å². The van der Waals surface area contributed by atoms with Crippen LogP contribution in [-0.4, -0.2) is 35.1 Å². The fourth-order valence-corrected chi connectivity index (χ4v) is 2.07. The van der Waals surface area contributed by atoms with E-state index in [0.29, 0.717) is 18.0 Å². The molecule has 0 bridgehead atoms. The molecule has 0 unspecified atom stereocenters. The highest BCUT2D eigenvalue weighted by molar-refractivity contribution is 6.31. The third-order valence-corrected chi connectivity index (χ3v) is 3.52. The third-order valence-electron chi connectivity index (χ3n) is 3.15. The SMILES string of the molecule is CCCC[C@H](NC(=O)N(C)Cc1ccccc1Cl)C(=O)O. The van der Waals surface area contributed by atoms with Crippen molar-refractivity contribution in [1.82, 2.24) is 10.2 Å². The van der Waals surface area contributed by atoms with E-state index in [1.54, 1.807) is 13.1 Å². The lowest BCUT2D eigenvalue weighted by Gasteiger charge is -2.21. The van der Waals surface area contributed by atoms with E-state index in [1.165, 1.54) is 4.90 Å². The van der Waals surface area contributed by atoms with Crippen LogP contribution in [0.25, 0.3) is 0 Å². The van der Waals surface area contributed by atoms with Crippen LogP contribution in [0.5, 0.6) is 0 Å². The molecule has 1 aromatic rings. The van der Waals surface area contributed by atoms with Crippen LogP contribution in [-0.2, 0) is 11.3 Å². The first kappa shape index (κ1) is 17.3. The molecular weight excluding hydrogens is 292 g/mol. The molecule has 0 aromatic heterocycles. The number of carboxylic acid groups (broad SMARTS) is 1. The summed E-state index contributed by atoms with van der Waals surface area (Å²) in [6.45, 7) is 2.30. The molecular formula is C15H21ClN2O3. The molecule has 5 nitrogen and oxygen atoms in total. The molecule has 6 heteroatoms. The Hall–Kier alpha value is -1.75. The molecule has 0 aliphatic heterocycles. The summed E-state index contributed by atoms with van der Waals surface area (Å²) < 4.78 is 0. The second-order valence-electron chi connectivity index (χ2n) is 4.93. The van der Waals surface area contributed by atoms with Crippen molar-refractivity contribution >= 4 is 23.6 Å². The van der Waals surface area contributed by atoms with Crippen LogP contribution < -0.4 is 5.32 Å². The summed E-state index contributed by atoms with van der Waals surface area (Å²) in [7, 11) is 1.61. The molecule has 0 fully saturated rings. The zero-order chi connectivity index (χ0) is 15.8. The minimum atomic E-state index is -1.01. The standard InChI is InChI=1S/C15H21ClN2O3/c1-3-4-9-13(14(19)20)17-15(21)18(2)10-11-7-5-6-8-12(11)16/h5-8,13H,3-4,9-10H2,1-2H3,(H,17,21)(H,19,20)/t13-/m0/s1. The molecule has 0 aliphatic rings. The normalized spacial score (nSPS) is 11.8. The molecule has 0 radical (unpaired) electrons. The highest BCUT2D eigenvalue weighted by Crippen LogP contribution is 2.16. The molecule has 21 heavy (non-hydrogen) atoms. The summed E-state index contributed by atoms with van der Waals surface area (Å²) in [4.78, 5) is 24.6. The van der Waals surface area contributed by atoms with E-state index in [9.17, 15) is 9.59 Å². The maximum Gasteiger partial charge on any atom is 0.326 e. The van der Waals surface area contributed by atoms with Gasteiger partial charge in [-0.25, -0.2) is 9.59 Å². The number of halogens is 1. The molecule has 116 valence electrons. The van der Waals surface area contributed by atoms with Crippen molar-refractivity contribution in [2.75, 3.05) is 7.05 Å². The Morgan fingerprint density at radius 1 is 1.38 bits per heavy atom. The first-order valence-corrected chi connectivity index (χ1v) is 7.31. The number of rotatable bonds is 7. The molecule has 0 saturated carbocycles. The van der Waals surface area contributed by atoms with E-state index in [1.807, 2.05) is 25.1 Å². The topological polar surface area (TPSA) is 69.6 Å². The van der Waals surface area contributed by atoms with Crippen LogP contribution >= 0.6 is 11.6 Å². The van der Waals surface area contributed by atoms with Gasteiger partial charge in [-0.2, -0.15) is 0 Å². The summed E-state index contributed by atoms with van der Waals surface area (Å²) in [6.07, 6.45) is 2.07. The van der Waals surface area contributed by atoms with Gasteiger partial charge in [0.05, 0.1) is 0 Å². The van der Waals surface area contributed by atoms with Crippen molar-refractivity contribution in [2.24, 2.45) is 0 Å². The fourth-order valence-electron chi connectivity index (χ4n) is 1.88. The van der Waals surface area contributed by atoms with Crippen LogP contribution in [0.3, 0.4) is 0 Å². The van der Waals surface area contributed by atoms with Crippen LogP contribution in [0.2, 0.25) is 5.02 Å². The van der Waals surface area contributed by atoms with Gasteiger partial charge in [0, 0.05) is 18.6 Å². The molecule has 1 atom stereocenters. The molecule has 2 N–H and O–H groups in total. The van der Waals surface area contributed by atoms with Gasteiger partial charge in [-0.05, 0) is 18.1 Å². The highest BCUT2D eigenvalue weighted by atomic mass is 35.5. The van der Waals surface area contributed by atoms with Gasteiger partial charge < -0.3 is 15.3 Å². The van der Waals surface area contributed by atoms with Gasteiger partial charge in [0.2, 0.25) is 0 Å². The Labute approximate surface area is 129 Å². The van der Waals surface area contributed by atoms with Gasteiger partial charge in [0.1, 0.15) is 6.04 Å². The van der Waals surface area contributed by atoms with Gasteiger partial charge in [-0.1, -0.05) is 49.6 Å². The van der Waals surface area contributed by atoms with Gasteiger partial charge in [0.25, 0.3) is 0 Å². The molecule has 0 heterocycles. The number of carbonyl (C=O) groups is 2. The highest BCUT2D eigenvalue weighted by Gasteiger charge is 2.21. The van der Waals surface area contributed by atoms with Gasteiger partial charge in [-0.3, -0.25) is 0 Å². The number of nitrogens with zero attached hydrogens (tertiary/aromatic N) is 1. The van der Waals surface area contributed by atoms with Crippen LogP contribution in [0, 0.1) is 0 Å². The van der Waals surface area contributed by atoms with Crippen molar-refractivity contribution in [1.29, 1.82) is 0 Å². The summed E-state index contributed by atoms with van der Waals surface area (Å²) in [5.41, 5.74) is 0.817. The summed E-state index contributed by atoms with van der Waals surface area (Å²) in [6, 6.07) is 5.97. The largest absolute Gasteiger partial charge is 0.480 e. The van der Waals surface area contributed by atoms with Crippen molar-refractivity contribution in [3.05, 3.63) is 34.9 Å². The Morgan fingerprint density at radius 2 is 2.05 bits per heavy atom. The van der Waals surface area contributed by atoms with Crippen LogP contribution in [0.4, 0.5) is 4.79 Å². The quantitative estimate of drug-likeness (QED) is 0.812. The average molecular weight is 313 g/mol. The molecule has 2 amide bonds. The number of hydrogen-bond acceptors (Lipinski definition) is 2. The maximum absolute atomic E-state index is 12.0. The number of aliphatic carboxylic acids is 1. The predicted octanol–water partition coefficient (Wildman–Crippen LogP) is 3.12. The number of hydrogen-bond donors (Lipinski definition) is 2. The minimum absolute atomic E-state index is 0.325. The number of unbranched alkanes of at least 4 members (excludes halogenated alkanes) is 1. The van der Waals surface area contributed by atoms with E-state index in [4.69, 9.17) is 16.7 Å². The first-order chi connectivity index (χ1) is 9.95. The van der Waals surface area contributed by atoms with Crippen molar-refractivity contribution < 1.29 is 14.7 Å². The van der Waals surface area contributed by atoms with Crippen molar-refractivity contribution in [2.45, 2.75) is 38.8 Å². The number of amides is 2. The summed E-state index contributed by atoms with van der Waals surface area (Å²) in [5.74, 6) is -1.01. The summed E-state index contributed by atoms with van der Waals surface area (Å²) in [5, 5.41) is 12.2. The van der Waals surface area contributed by atoms with Gasteiger partial charge in [0.15, 0.2) is 0 Å². The Bertz CT molecular complexity index is 494. The van der Waals surface area contributed by atoms with Crippen molar-refractivity contribution in [3.63, 3.8) is 0 Å². The molecule has 1 aromatic carbocycles. The van der Waals surface area contributed by atoms with E-state index < -0.39 is 18.0 Å². The third kappa shape index (κ3) is 5.63. The molecule has 1 rings (SSSR count). The lowest BCUT2D eigenvalue weighted by Crippen LogP contribution is -2.46. The zero-order valence-electron chi connectivity index (χ0n) is 12.3. The lowest BCUT2D eigenvalue weighted by atomic mass is 10.1. The predicted molar refractivity (Wildman–Crippen MR) is 82.4 cm³/mol. The summed E-state index contributed by atoms with van der Waals surface area (Å²) >= 11 is 6.05. The van der Waals surface area contributed by atoms with Crippen molar-refractivity contribution in [3.8, 4) is 0 Å². The average Bonchev–Trinajstić information content (AvgIpc) is 2.45. The smallest absolute Gasteiger partial charge is 0.326 e. The van der Waals surface area contributed by atoms with E-state index in [0.717, 1.165) is 18.4 Å². The molecule has 0 aliphatic carbocycles. The minimum Gasteiger partial charge on any atom is -0.480 e. The number of carboxylic acids is 1. The van der Waals surface area contributed by atoms with Crippen LogP contribution in [0.15, 0.2) is 24.3 Å². The van der Waals surface area contributed by atoms with Gasteiger partial charge >= 0.3 is 12.0 Å². The number of benzene rings is 1. The first-order valence-electron chi connectivity index (χ1n) is 6.93. The van der Waals surface area contributed by atoms with E-state index >= 15 is 0 Å². The van der Waals surface area contributed by atoms with E-state index in [2.05, 4.69) is 5.32 Å². The second-order valence-corrected chi connectivity index (χ2v) is 5.34. The zero-order valence-corrected chi connectivity index (χ0v) is 13.1. The molecule has 0 saturated heterocycles. The number of carbonyl (C=O) groups excluding carboxylic acids is 1. The monoisotopic (exact) mass is 312 g/mol. The number of nitrogens with one attached hydrogen (secondary N) is 1. The van der Waals surface area contributed by atoms with E-state index in [-0.39, 0.29) is 0 Å². The Kier molecular flexibility index (Phi) is 7.02. The Balaban J connectivity index is 2.61. The van der Waals surface area contributed by atoms with Gasteiger partial charge in [-0.15, -0.1) is 0 Å². The molecule has 0 spiro atoms. The fraction of sp³-hybridized carbons (Fsp3) is 0.467. The lowest BCUT2D eigenvalue weighted by molar-refractivity contribution is -0.139. The second kappa shape index (κ2) is 8.52. The number of urea groups is 1. The maximum atomic E-state index is 12.0.